The molecule has 0 spiro atoms. The zero-order valence-corrected chi connectivity index (χ0v) is 19.0. The molecule has 1 N–H and O–H groups in total. The molecule has 4 heterocycles. The minimum atomic E-state index is 0.593. The molecule has 0 saturated carbocycles. The van der Waals surface area contributed by atoms with Crippen LogP contribution in [0, 0.1) is 0 Å². The van der Waals surface area contributed by atoms with E-state index >= 15 is 0 Å². The van der Waals surface area contributed by atoms with E-state index in [1.807, 2.05) is 37.8 Å². The largest absolute Gasteiger partial charge is 0.379 e. The Hall–Kier alpha value is -4.52. The molecular weight excluding hydrogens is 422 g/mol. The quantitative estimate of drug-likeness (QED) is 0.395. The van der Waals surface area contributed by atoms with Gasteiger partial charge in [0.15, 0.2) is 0 Å². The third-order valence-corrected chi connectivity index (χ3v) is 6.10. The Bertz CT molecular complexity index is 1640. The Morgan fingerprint density at radius 3 is 2.62 bits per heavy atom. The molecular formula is C27H23N7. The van der Waals surface area contributed by atoms with Gasteiger partial charge in [0.2, 0.25) is 0 Å². The summed E-state index contributed by atoms with van der Waals surface area (Å²) in [5.74, 6) is 0. The molecule has 0 fully saturated rings. The molecule has 6 rings (SSSR count). The third-order valence-electron chi connectivity index (χ3n) is 6.10. The van der Waals surface area contributed by atoms with Crippen molar-refractivity contribution in [3.05, 3.63) is 91.4 Å². The number of pyridine rings is 1. The highest BCUT2D eigenvalue weighted by molar-refractivity contribution is 5.97. The zero-order chi connectivity index (χ0) is 23.1. The number of nitrogens with one attached hydrogen (secondary N) is 1. The van der Waals surface area contributed by atoms with E-state index in [1.54, 1.807) is 17.1 Å². The lowest BCUT2D eigenvalue weighted by Crippen LogP contribution is -2.02. The number of rotatable bonds is 5. The van der Waals surface area contributed by atoms with Gasteiger partial charge in [0, 0.05) is 67.4 Å². The van der Waals surface area contributed by atoms with Crippen LogP contribution in [-0.2, 0) is 20.6 Å². The maximum atomic E-state index is 4.64. The molecule has 7 heteroatoms. The Balaban J connectivity index is 1.35. The second-order valence-electron chi connectivity index (χ2n) is 8.44. The van der Waals surface area contributed by atoms with E-state index < -0.39 is 0 Å². The van der Waals surface area contributed by atoms with Crippen LogP contribution in [0.2, 0.25) is 0 Å². The molecule has 0 bridgehead atoms. The van der Waals surface area contributed by atoms with Crippen molar-refractivity contribution in [3.63, 3.8) is 0 Å². The van der Waals surface area contributed by atoms with Crippen LogP contribution in [0.1, 0.15) is 5.69 Å². The molecule has 0 aliphatic carbocycles. The third kappa shape index (κ3) is 3.67. The van der Waals surface area contributed by atoms with Crippen LogP contribution in [0.4, 0.5) is 5.69 Å². The van der Waals surface area contributed by atoms with Crippen LogP contribution in [-0.4, -0.2) is 29.3 Å². The van der Waals surface area contributed by atoms with Gasteiger partial charge in [0.1, 0.15) is 0 Å². The molecule has 0 aliphatic rings. The summed E-state index contributed by atoms with van der Waals surface area (Å²) in [5, 5.41) is 9.02. The number of anilines is 1. The zero-order valence-electron chi connectivity index (χ0n) is 19.0. The predicted octanol–water partition coefficient (Wildman–Crippen LogP) is 5.20. The lowest BCUT2D eigenvalue weighted by atomic mass is 10.0. The first-order valence-electron chi connectivity index (χ1n) is 11.1. The molecule has 0 unspecified atom stereocenters. The van der Waals surface area contributed by atoms with Gasteiger partial charge in [-0.05, 0) is 52.9 Å². The molecule has 166 valence electrons. The minimum Gasteiger partial charge on any atom is -0.379 e. The molecule has 0 atom stereocenters. The van der Waals surface area contributed by atoms with Crippen molar-refractivity contribution >= 4 is 27.6 Å². The van der Waals surface area contributed by atoms with Crippen molar-refractivity contribution in [2.45, 2.75) is 6.54 Å². The van der Waals surface area contributed by atoms with E-state index in [4.69, 9.17) is 0 Å². The van der Waals surface area contributed by atoms with Gasteiger partial charge in [-0.3, -0.25) is 19.6 Å². The Morgan fingerprint density at radius 1 is 0.824 bits per heavy atom. The van der Waals surface area contributed by atoms with Crippen molar-refractivity contribution in [1.82, 2.24) is 29.3 Å². The second kappa shape index (κ2) is 8.12. The summed E-state index contributed by atoms with van der Waals surface area (Å²) < 4.78 is 3.94. The van der Waals surface area contributed by atoms with Crippen LogP contribution >= 0.6 is 0 Å². The van der Waals surface area contributed by atoms with Crippen LogP contribution < -0.4 is 5.32 Å². The highest BCUT2D eigenvalue weighted by atomic mass is 15.2. The monoisotopic (exact) mass is 445 g/mol. The summed E-state index contributed by atoms with van der Waals surface area (Å²) >= 11 is 0. The van der Waals surface area contributed by atoms with E-state index in [1.165, 1.54) is 10.9 Å². The van der Waals surface area contributed by atoms with Crippen LogP contribution in [0.3, 0.4) is 0 Å². The van der Waals surface area contributed by atoms with Crippen molar-refractivity contribution in [3.8, 4) is 22.3 Å². The molecule has 4 aromatic heterocycles. The van der Waals surface area contributed by atoms with Crippen LogP contribution in [0.15, 0.2) is 85.7 Å². The smallest absolute Gasteiger partial charge is 0.0966 e. The minimum absolute atomic E-state index is 0.593. The highest BCUT2D eigenvalue weighted by Crippen LogP contribution is 2.32. The normalized spacial score (nSPS) is 11.4. The Morgan fingerprint density at radius 2 is 1.74 bits per heavy atom. The summed E-state index contributed by atoms with van der Waals surface area (Å²) in [6.45, 7) is 0.593. The van der Waals surface area contributed by atoms with E-state index in [-0.39, 0.29) is 0 Å². The summed E-state index contributed by atoms with van der Waals surface area (Å²) in [6, 6.07) is 16.9. The second-order valence-corrected chi connectivity index (χ2v) is 8.44. The molecule has 0 amide bonds. The highest BCUT2D eigenvalue weighted by Gasteiger charge is 2.11. The number of hydrogen-bond acceptors (Lipinski definition) is 5. The fourth-order valence-corrected chi connectivity index (χ4v) is 4.34. The molecule has 7 nitrogen and oxygen atoms in total. The first kappa shape index (κ1) is 20.1. The van der Waals surface area contributed by atoms with Gasteiger partial charge in [-0.2, -0.15) is 5.10 Å². The van der Waals surface area contributed by atoms with E-state index in [9.17, 15) is 0 Å². The lowest BCUT2D eigenvalue weighted by molar-refractivity contribution is 0.768. The summed E-state index contributed by atoms with van der Waals surface area (Å²) in [6.07, 6.45) is 11.3. The van der Waals surface area contributed by atoms with E-state index in [0.717, 1.165) is 44.7 Å². The number of benzene rings is 2. The van der Waals surface area contributed by atoms with Gasteiger partial charge in [-0.25, -0.2) is 0 Å². The van der Waals surface area contributed by atoms with Gasteiger partial charge in [0.05, 0.1) is 29.5 Å². The topological polar surface area (TPSA) is 73.5 Å². The molecule has 6 aromatic rings. The van der Waals surface area contributed by atoms with E-state index in [2.05, 4.69) is 79.6 Å². The average molecular weight is 446 g/mol. The maximum Gasteiger partial charge on any atom is 0.0966 e. The molecule has 0 aliphatic heterocycles. The first-order valence-corrected chi connectivity index (χ1v) is 11.1. The Kier molecular flexibility index (Phi) is 4.80. The number of aryl methyl sites for hydroxylation is 2. The number of hydrogen-bond donors (Lipinski definition) is 1. The van der Waals surface area contributed by atoms with Crippen molar-refractivity contribution in [2.24, 2.45) is 14.1 Å². The Labute approximate surface area is 196 Å². The summed E-state index contributed by atoms with van der Waals surface area (Å²) in [5.41, 5.74) is 9.19. The van der Waals surface area contributed by atoms with Crippen LogP contribution in [0.25, 0.3) is 44.2 Å². The average Bonchev–Trinajstić information content (AvgIpc) is 3.47. The van der Waals surface area contributed by atoms with Crippen LogP contribution in [0.5, 0.6) is 0 Å². The summed E-state index contributed by atoms with van der Waals surface area (Å²) in [4.78, 5) is 13.8. The lowest BCUT2D eigenvalue weighted by Gasteiger charge is -2.12. The fourth-order valence-electron chi connectivity index (χ4n) is 4.34. The number of nitrogens with zero attached hydrogens (tertiary/aromatic N) is 6. The van der Waals surface area contributed by atoms with Crippen molar-refractivity contribution < 1.29 is 0 Å². The van der Waals surface area contributed by atoms with Gasteiger partial charge in [-0.15, -0.1) is 0 Å². The standard InChI is InChI=1S/C27H23N7/c1-33-10-6-18-3-4-20(12-26(18)33)24-13-22(14-25-27(24)30-9-8-29-25)31-16-23-11-19(5-7-28-23)21-15-32-34(2)17-21/h3-15,17,31H,16H2,1-2H3. The summed E-state index contributed by atoms with van der Waals surface area (Å²) in [7, 11) is 3.98. The maximum absolute atomic E-state index is 4.64. The first-order chi connectivity index (χ1) is 16.6. The predicted molar refractivity (Wildman–Crippen MR) is 135 cm³/mol. The van der Waals surface area contributed by atoms with Gasteiger partial charge < -0.3 is 9.88 Å². The van der Waals surface area contributed by atoms with Crippen molar-refractivity contribution in [1.29, 1.82) is 0 Å². The van der Waals surface area contributed by atoms with Gasteiger partial charge in [0.25, 0.3) is 0 Å². The SMILES string of the molecule is Cn1cc(-c2ccnc(CNc3cc(-c4ccc5ccn(C)c5c4)c4nccnc4c3)c2)cn1. The van der Waals surface area contributed by atoms with E-state index in [0.29, 0.717) is 6.54 Å². The molecule has 2 aromatic carbocycles. The fraction of sp³-hybridized carbons (Fsp3) is 0.111. The van der Waals surface area contributed by atoms with Gasteiger partial charge >= 0.3 is 0 Å². The molecule has 34 heavy (non-hydrogen) atoms. The van der Waals surface area contributed by atoms with Gasteiger partial charge in [-0.1, -0.05) is 12.1 Å². The van der Waals surface area contributed by atoms with Crippen molar-refractivity contribution in [2.75, 3.05) is 5.32 Å². The molecule has 0 saturated heterocycles. The number of fused-ring (bicyclic) bond motifs is 2. The molecule has 0 radical (unpaired) electrons. The number of aromatic nitrogens is 6.